The molecule has 0 saturated carbocycles. The highest BCUT2D eigenvalue weighted by molar-refractivity contribution is 8.00. The minimum atomic E-state index is -0.441. The van der Waals surface area contributed by atoms with E-state index in [1.165, 1.54) is 11.8 Å². The number of aromatic nitrogens is 2. The van der Waals surface area contributed by atoms with Gasteiger partial charge in [-0.3, -0.25) is 14.4 Å². The molecule has 0 spiro atoms. The summed E-state index contributed by atoms with van der Waals surface area (Å²) in [5, 5.41) is 19.1. The van der Waals surface area contributed by atoms with Crippen LogP contribution in [0.15, 0.2) is 65.6 Å². The molecule has 9 nitrogen and oxygen atoms in total. The molecule has 1 aliphatic rings. The monoisotopic (exact) mass is 749 g/mol. The lowest BCUT2D eigenvalue weighted by Gasteiger charge is -2.36. The van der Waals surface area contributed by atoms with E-state index in [-0.39, 0.29) is 35.6 Å². The second-order valence-electron chi connectivity index (χ2n) is 12.9. The lowest BCUT2D eigenvalue weighted by Crippen LogP contribution is -2.46. The number of carbonyl (C=O) groups excluding carboxylic acids is 3. The van der Waals surface area contributed by atoms with E-state index in [0.29, 0.717) is 58.9 Å². The summed E-state index contributed by atoms with van der Waals surface area (Å²) in [6.07, 6.45) is 4.26. The molecule has 3 aromatic carbocycles. The van der Waals surface area contributed by atoms with E-state index >= 15 is 0 Å². The number of rotatable bonds is 14. The highest BCUT2D eigenvalue weighted by Gasteiger charge is 2.32. The largest absolute Gasteiger partial charge is 0.394 e. The number of aliphatic hydroxyl groups is 1. The number of benzene rings is 3. The minimum absolute atomic E-state index is 0.0810. The van der Waals surface area contributed by atoms with Gasteiger partial charge in [0.05, 0.1) is 34.7 Å². The molecule has 1 aromatic heterocycles. The Hall–Kier alpha value is -3.83. The number of nitrogens with one attached hydrogen (secondary N) is 1. The van der Waals surface area contributed by atoms with Crippen molar-refractivity contribution in [3.63, 3.8) is 0 Å². The zero-order chi connectivity index (χ0) is 36.7. The molecular formula is C39H45Cl2N5O4S. The minimum Gasteiger partial charge on any atom is -0.394 e. The van der Waals surface area contributed by atoms with Gasteiger partial charge in [-0.2, -0.15) is 5.10 Å². The summed E-state index contributed by atoms with van der Waals surface area (Å²) in [6.45, 7) is 9.35. The molecule has 3 amide bonds. The number of amides is 3. The molecule has 12 heteroatoms. The van der Waals surface area contributed by atoms with Gasteiger partial charge < -0.3 is 20.2 Å². The van der Waals surface area contributed by atoms with Crippen LogP contribution in [-0.4, -0.2) is 73.9 Å². The fraction of sp³-hybridized carbons (Fsp3) is 0.385. The fourth-order valence-corrected chi connectivity index (χ4v) is 7.55. The molecular weight excluding hydrogens is 705 g/mol. The average Bonchev–Trinajstić information content (AvgIpc) is 3.52. The van der Waals surface area contributed by atoms with Gasteiger partial charge in [0, 0.05) is 40.9 Å². The fourth-order valence-electron chi connectivity index (χ4n) is 6.19. The Morgan fingerprint density at radius 3 is 2.35 bits per heavy atom. The van der Waals surface area contributed by atoms with Crippen molar-refractivity contribution < 1.29 is 19.5 Å². The van der Waals surface area contributed by atoms with E-state index in [4.69, 9.17) is 28.3 Å². The standard InChI is InChI=1S/C39H45Cl2N5O4S/c1-5-7-15-44(16-8-6-2)39(50)34-18-26(4)46(43-34)35-14-13-29(42-37(48)24-51-36-17-25(3)32(40)21-33(36)41)20-31(35)38(49)45-22-28-12-10-9-11-27(28)19-30(45)23-47/h9-14,17-18,20-21,30,47H,5-8,15-16,19,22-24H2,1-4H3,(H,42,48)/t30-/m0/s1. The van der Waals surface area contributed by atoms with E-state index in [1.807, 2.05) is 49.1 Å². The third-order valence-corrected chi connectivity index (χ3v) is 11.0. The van der Waals surface area contributed by atoms with Gasteiger partial charge in [0.25, 0.3) is 11.8 Å². The van der Waals surface area contributed by atoms with Crippen LogP contribution >= 0.6 is 35.0 Å². The summed E-state index contributed by atoms with van der Waals surface area (Å²) in [5.74, 6) is -0.658. The summed E-state index contributed by atoms with van der Waals surface area (Å²) < 4.78 is 1.62. The smallest absolute Gasteiger partial charge is 0.274 e. The number of fused-ring (bicyclic) bond motifs is 1. The lowest BCUT2D eigenvalue weighted by molar-refractivity contribution is -0.113. The Balaban J connectivity index is 1.48. The summed E-state index contributed by atoms with van der Waals surface area (Å²) in [7, 11) is 0. The normalized spacial score (nSPS) is 13.9. The van der Waals surface area contributed by atoms with Gasteiger partial charge in [0.2, 0.25) is 5.91 Å². The van der Waals surface area contributed by atoms with E-state index in [2.05, 4.69) is 19.2 Å². The molecule has 51 heavy (non-hydrogen) atoms. The predicted molar refractivity (Wildman–Crippen MR) is 205 cm³/mol. The number of thioether (sulfide) groups is 1. The molecule has 4 aromatic rings. The predicted octanol–water partition coefficient (Wildman–Crippen LogP) is 8.13. The van der Waals surface area contributed by atoms with Crippen LogP contribution in [0.1, 0.15) is 82.8 Å². The number of aliphatic hydroxyl groups excluding tert-OH is 1. The Morgan fingerprint density at radius 1 is 0.961 bits per heavy atom. The van der Waals surface area contributed by atoms with Gasteiger partial charge in [0.15, 0.2) is 5.69 Å². The first-order valence-electron chi connectivity index (χ1n) is 17.4. The van der Waals surface area contributed by atoms with Crippen molar-refractivity contribution in [2.24, 2.45) is 0 Å². The molecule has 0 aliphatic carbocycles. The number of hydrogen-bond acceptors (Lipinski definition) is 6. The number of halogens is 2. The average molecular weight is 751 g/mol. The van der Waals surface area contributed by atoms with E-state index in [9.17, 15) is 19.5 Å². The molecule has 1 aliphatic heterocycles. The van der Waals surface area contributed by atoms with Gasteiger partial charge in [-0.25, -0.2) is 4.68 Å². The molecule has 0 fully saturated rings. The van der Waals surface area contributed by atoms with Crippen LogP contribution in [0.2, 0.25) is 10.0 Å². The van der Waals surface area contributed by atoms with Gasteiger partial charge in [-0.05, 0) is 86.2 Å². The zero-order valence-corrected chi connectivity index (χ0v) is 31.9. The summed E-state index contributed by atoms with van der Waals surface area (Å²) in [6, 6.07) is 17.8. The van der Waals surface area contributed by atoms with Gasteiger partial charge in [-0.1, -0.05) is 74.2 Å². The van der Waals surface area contributed by atoms with E-state index in [0.717, 1.165) is 47.3 Å². The van der Waals surface area contributed by atoms with E-state index < -0.39 is 6.04 Å². The van der Waals surface area contributed by atoms with Crippen LogP contribution in [0.25, 0.3) is 5.69 Å². The van der Waals surface area contributed by atoms with Crippen molar-refractivity contribution in [2.45, 2.75) is 77.3 Å². The van der Waals surface area contributed by atoms with Crippen molar-refractivity contribution in [3.05, 3.63) is 104 Å². The first kappa shape index (κ1) is 38.4. The Bertz CT molecular complexity index is 1890. The molecule has 5 rings (SSSR count). The van der Waals surface area contributed by atoms with Crippen LogP contribution in [0, 0.1) is 13.8 Å². The zero-order valence-electron chi connectivity index (χ0n) is 29.5. The number of nitrogens with zero attached hydrogens (tertiary/aromatic N) is 4. The first-order chi connectivity index (χ1) is 24.5. The van der Waals surface area contributed by atoms with Crippen molar-refractivity contribution in [3.8, 4) is 5.69 Å². The highest BCUT2D eigenvalue weighted by Crippen LogP contribution is 2.33. The second kappa shape index (κ2) is 17.6. The first-order valence-corrected chi connectivity index (χ1v) is 19.2. The molecule has 0 unspecified atom stereocenters. The Labute approximate surface area is 314 Å². The lowest BCUT2D eigenvalue weighted by atomic mass is 9.93. The van der Waals surface area contributed by atoms with Crippen molar-refractivity contribution in [1.82, 2.24) is 19.6 Å². The van der Waals surface area contributed by atoms with Gasteiger partial charge >= 0.3 is 0 Å². The van der Waals surface area contributed by atoms with Gasteiger partial charge in [-0.15, -0.1) is 11.8 Å². The third kappa shape index (κ3) is 9.16. The maximum atomic E-state index is 14.6. The highest BCUT2D eigenvalue weighted by atomic mass is 35.5. The number of unbranched alkanes of at least 4 members (excludes halogenated alkanes) is 2. The molecule has 2 N–H and O–H groups in total. The summed E-state index contributed by atoms with van der Waals surface area (Å²) in [4.78, 5) is 45.7. The topological polar surface area (TPSA) is 108 Å². The Morgan fingerprint density at radius 2 is 1.67 bits per heavy atom. The van der Waals surface area contributed by atoms with Crippen molar-refractivity contribution in [2.75, 3.05) is 30.8 Å². The van der Waals surface area contributed by atoms with E-state index in [1.54, 1.807) is 39.9 Å². The molecule has 0 bridgehead atoms. The quantitative estimate of drug-likeness (QED) is 0.126. The second-order valence-corrected chi connectivity index (χ2v) is 14.8. The molecule has 0 radical (unpaired) electrons. The molecule has 2 heterocycles. The van der Waals surface area contributed by atoms with Crippen LogP contribution in [-0.2, 0) is 17.8 Å². The van der Waals surface area contributed by atoms with Crippen LogP contribution in [0.4, 0.5) is 5.69 Å². The van der Waals surface area contributed by atoms with Crippen LogP contribution in [0.5, 0.6) is 0 Å². The number of aryl methyl sites for hydroxylation is 2. The maximum Gasteiger partial charge on any atom is 0.274 e. The number of hydrogen-bond donors (Lipinski definition) is 2. The third-order valence-electron chi connectivity index (χ3n) is 9.09. The van der Waals surface area contributed by atoms with Gasteiger partial charge in [0.1, 0.15) is 0 Å². The van der Waals surface area contributed by atoms with Crippen molar-refractivity contribution in [1.29, 1.82) is 0 Å². The molecule has 270 valence electrons. The molecule has 0 saturated heterocycles. The van der Waals surface area contributed by atoms with Crippen LogP contribution in [0.3, 0.4) is 0 Å². The number of anilines is 1. The molecule has 1 atom stereocenters. The number of carbonyl (C=O) groups is 3. The van der Waals surface area contributed by atoms with Crippen LogP contribution < -0.4 is 5.32 Å². The van der Waals surface area contributed by atoms with Crippen molar-refractivity contribution >= 4 is 58.4 Å². The maximum absolute atomic E-state index is 14.6. The Kier molecular flexibility index (Phi) is 13.2. The summed E-state index contributed by atoms with van der Waals surface area (Å²) in [5.41, 5.74) is 5.14. The SMILES string of the molecule is CCCCN(CCCC)C(=O)c1cc(C)n(-c2ccc(NC(=O)CSc3cc(C)c(Cl)cc3Cl)cc2C(=O)N2Cc3ccccc3C[C@H]2CO)n1. The summed E-state index contributed by atoms with van der Waals surface area (Å²) >= 11 is 13.8.